The summed E-state index contributed by atoms with van der Waals surface area (Å²) in [5.41, 5.74) is 1.14. The van der Waals surface area contributed by atoms with Crippen molar-refractivity contribution in [3.63, 3.8) is 0 Å². The zero-order valence-electron chi connectivity index (χ0n) is 26.3. The number of benzene rings is 4. The molecule has 0 aliphatic carbocycles. The van der Waals surface area contributed by atoms with Gasteiger partial charge in [-0.2, -0.15) is 0 Å². The van der Waals surface area contributed by atoms with Gasteiger partial charge in [0.1, 0.15) is 19.8 Å². The third-order valence-corrected chi connectivity index (χ3v) is 9.14. The second-order valence-corrected chi connectivity index (χ2v) is 14.5. The molecule has 1 unspecified atom stereocenters. The summed E-state index contributed by atoms with van der Waals surface area (Å²) in [5, 5.41) is 8.06. The smallest absolute Gasteiger partial charge is 0.306 e. The molecule has 0 fully saturated rings. The SMILES string of the molecule is C[N+](C)(C)CCOP(=O)([O-])OC[C@@H](COC(=O)CCCCCBr)OC(=O)CCCc1ccc2ccc3cccc4ccc1c2c34. The molecule has 244 valence electrons. The van der Waals surface area contributed by atoms with E-state index in [-0.39, 0.29) is 26.1 Å². The molecular formula is C34H43BrNO8P. The van der Waals surface area contributed by atoms with Gasteiger partial charge in [-0.05, 0) is 63.6 Å². The molecule has 0 aliphatic heterocycles. The zero-order valence-corrected chi connectivity index (χ0v) is 28.8. The first-order valence-electron chi connectivity index (χ1n) is 15.4. The van der Waals surface area contributed by atoms with Crippen molar-refractivity contribution in [2.24, 2.45) is 0 Å². The number of halogens is 1. The zero-order chi connectivity index (χ0) is 32.5. The number of likely N-dealkylation sites (N-methyl/N-ethyl adjacent to an activating group) is 1. The van der Waals surface area contributed by atoms with Crippen LogP contribution in [0.4, 0.5) is 0 Å². The number of carbonyl (C=O) groups is 2. The lowest BCUT2D eigenvalue weighted by atomic mass is 9.90. The number of phosphoric ester groups is 1. The van der Waals surface area contributed by atoms with Crippen molar-refractivity contribution in [1.29, 1.82) is 0 Å². The molecule has 11 heteroatoms. The third kappa shape index (κ3) is 10.7. The minimum atomic E-state index is -4.65. The highest BCUT2D eigenvalue weighted by atomic mass is 79.9. The van der Waals surface area contributed by atoms with Crippen LogP contribution in [-0.2, 0) is 39.1 Å². The number of hydrogen-bond donors (Lipinski definition) is 0. The second-order valence-electron chi connectivity index (χ2n) is 12.3. The molecule has 45 heavy (non-hydrogen) atoms. The summed E-state index contributed by atoms with van der Waals surface area (Å²) in [5.74, 6) is -0.967. The molecule has 0 aromatic heterocycles. The Morgan fingerprint density at radius 2 is 1.49 bits per heavy atom. The fraction of sp³-hybridized carbons (Fsp3) is 0.471. The van der Waals surface area contributed by atoms with E-state index in [1.165, 1.54) is 26.9 Å². The first kappa shape index (κ1) is 35.3. The number of ether oxygens (including phenoxy) is 2. The summed E-state index contributed by atoms with van der Waals surface area (Å²) in [6.07, 6.45) is 2.91. The average Bonchev–Trinajstić information content (AvgIpc) is 2.99. The van der Waals surface area contributed by atoms with E-state index >= 15 is 0 Å². The van der Waals surface area contributed by atoms with Gasteiger partial charge in [-0.1, -0.05) is 76.9 Å². The molecule has 2 atom stereocenters. The summed E-state index contributed by atoms with van der Waals surface area (Å²) in [7, 11) is 1.08. The van der Waals surface area contributed by atoms with E-state index < -0.39 is 32.5 Å². The van der Waals surface area contributed by atoms with Crippen LogP contribution in [0, 0.1) is 0 Å². The van der Waals surface area contributed by atoms with E-state index in [1.807, 2.05) is 21.1 Å². The van der Waals surface area contributed by atoms with E-state index in [0.717, 1.165) is 29.1 Å². The van der Waals surface area contributed by atoms with Crippen LogP contribution in [-0.4, -0.2) is 75.4 Å². The number of carbonyl (C=O) groups excluding carboxylic acids is 2. The van der Waals surface area contributed by atoms with Gasteiger partial charge in [0.25, 0.3) is 7.82 Å². The Balaban J connectivity index is 1.34. The topological polar surface area (TPSA) is 111 Å². The van der Waals surface area contributed by atoms with Gasteiger partial charge in [-0.3, -0.25) is 14.2 Å². The molecule has 4 aromatic carbocycles. The Kier molecular flexibility index (Phi) is 12.8. The quantitative estimate of drug-likeness (QED) is 0.0271. The van der Waals surface area contributed by atoms with E-state index in [0.29, 0.717) is 30.3 Å². The van der Waals surface area contributed by atoms with Gasteiger partial charge in [0, 0.05) is 18.2 Å². The van der Waals surface area contributed by atoms with Gasteiger partial charge in [-0.15, -0.1) is 0 Å². The molecule has 4 rings (SSSR count). The lowest BCUT2D eigenvalue weighted by molar-refractivity contribution is -0.870. The van der Waals surface area contributed by atoms with Gasteiger partial charge < -0.3 is 27.9 Å². The van der Waals surface area contributed by atoms with Gasteiger partial charge in [0.15, 0.2) is 6.10 Å². The largest absolute Gasteiger partial charge is 0.756 e. The predicted octanol–water partition coefficient (Wildman–Crippen LogP) is 6.52. The lowest BCUT2D eigenvalue weighted by Crippen LogP contribution is -2.37. The second kappa shape index (κ2) is 16.3. The minimum Gasteiger partial charge on any atom is -0.756 e. The van der Waals surface area contributed by atoms with Crippen LogP contribution < -0.4 is 4.89 Å². The number of hydrogen-bond acceptors (Lipinski definition) is 8. The molecule has 9 nitrogen and oxygen atoms in total. The molecule has 0 bridgehead atoms. The summed E-state index contributed by atoms with van der Waals surface area (Å²) >= 11 is 3.37. The number of quaternary nitrogens is 1. The van der Waals surface area contributed by atoms with Crippen LogP contribution in [0.25, 0.3) is 32.3 Å². The number of unbranched alkanes of at least 4 members (excludes halogenated alkanes) is 2. The Hall–Kier alpha value is -2.59. The highest BCUT2D eigenvalue weighted by molar-refractivity contribution is 9.09. The van der Waals surface area contributed by atoms with Crippen molar-refractivity contribution in [3.8, 4) is 0 Å². The molecule has 0 spiro atoms. The number of aryl methyl sites for hydroxylation is 1. The lowest BCUT2D eigenvalue weighted by Gasteiger charge is -2.28. The highest BCUT2D eigenvalue weighted by Gasteiger charge is 2.22. The van der Waals surface area contributed by atoms with Crippen molar-refractivity contribution in [3.05, 3.63) is 60.2 Å². The first-order chi connectivity index (χ1) is 21.5. The van der Waals surface area contributed by atoms with Crippen LogP contribution >= 0.6 is 23.8 Å². The van der Waals surface area contributed by atoms with Crippen LogP contribution in [0.15, 0.2) is 54.6 Å². The molecule has 0 saturated heterocycles. The van der Waals surface area contributed by atoms with E-state index in [1.54, 1.807) is 0 Å². The minimum absolute atomic E-state index is 0.0544. The highest BCUT2D eigenvalue weighted by Crippen LogP contribution is 2.39. The molecule has 0 heterocycles. The summed E-state index contributed by atoms with van der Waals surface area (Å²) in [6, 6.07) is 19.1. The Morgan fingerprint density at radius 3 is 2.20 bits per heavy atom. The number of nitrogens with zero attached hydrogens (tertiary/aromatic N) is 1. The number of phosphoric acid groups is 1. The van der Waals surface area contributed by atoms with E-state index in [2.05, 4.69) is 70.5 Å². The van der Waals surface area contributed by atoms with Crippen molar-refractivity contribution in [2.75, 3.05) is 52.8 Å². The molecule has 0 saturated carbocycles. The van der Waals surface area contributed by atoms with E-state index in [9.17, 15) is 19.0 Å². The van der Waals surface area contributed by atoms with Gasteiger partial charge in [0.05, 0.1) is 27.7 Å². The fourth-order valence-electron chi connectivity index (χ4n) is 5.23. The maximum absolute atomic E-state index is 12.9. The van der Waals surface area contributed by atoms with Crippen molar-refractivity contribution < 1.29 is 42.1 Å². The Labute approximate surface area is 273 Å². The van der Waals surface area contributed by atoms with Crippen LogP contribution in [0.1, 0.15) is 44.1 Å². The molecule has 0 aliphatic rings. The molecule has 0 radical (unpaired) electrons. The van der Waals surface area contributed by atoms with Crippen LogP contribution in [0.3, 0.4) is 0 Å². The van der Waals surface area contributed by atoms with Crippen LogP contribution in [0.5, 0.6) is 0 Å². The Bertz CT molecular complexity index is 1610. The standard InChI is InChI=1S/C34H43BrNO8P/c1-36(2,3)21-22-42-45(39,40)43-24-29(23-41-31(37)12-5-4-6-20-35)44-32(38)13-8-9-25-14-15-28-17-16-26-10-7-11-27-18-19-30(25)34(28)33(26)27/h7,10-11,14-19,29H,4-6,8-9,12-13,20-24H2,1-3H3/t29-/m1/s1. The van der Waals surface area contributed by atoms with Gasteiger partial charge in [0.2, 0.25) is 0 Å². The number of esters is 2. The Morgan fingerprint density at radius 1 is 0.822 bits per heavy atom. The van der Waals surface area contributed by atoms with Crippen LogP contribution in [0.2, 0.25) is 0 Å². The summed E-state index contributed by atoms with van der Waals surface area (Å²) in [4.78, 5) is 37.4. The fourth-order valence-corrected chi connectivity index (χ4v) is 6.36. The normalized spacial score (nSPS) is 14.2. The third-order valence-electron chi connectivity index (χ3n) is 7.62. The van der Waals surface area contributed by atoms with E-state index in [4.69, 9.17) is 18.5 Å². The average molecular weight is 705 g/mol. The summed E-state index contributed by atoms with van der Waals surface area (Å²) < 4.78 is 33.7. The van der Waals surface area contributed by atoms with Crippen molar-refractivity contribution in [2.45, 2.75) is 51.0 Å². The van der Waals surface area contributed by atoms with Gasteiger partial charge in [-0.25, -0.2) is 0 Å². The molecule has 4 aromatic rings. The molecule has 0 N–H and O–H groups in total. The molecular weight excluding hydrogens is 661 g/mol. The van der Waals surface area contributed by atoms with Crippen molar-refractivity contribution in [1.82, 2.24) is 0 Å². The van der Waals surface area contributed by atoms with Gasteiger partial charge >= 0.3 is 11.9 Å². The number of rotatable bonds is 19. The monoisotopic (exact) mass is 703 g/mol. The summed E-state index contributed by atoms with van der Waals surface area (Å²) in [6.45, 7) is -0.423. The number of alkyl halides is 1. The maximum Gasteiger partial charge on any atom is 0.306 e. The first-order valence-corrected chi connectivity index (χ1v) is 18.0. The molecule has 0 amide bonds. The maximum atomic E-state index is 12.9. The van der Waals surface area contributed by atoms with Crippen molar-refractivity contribution >= 4 is 68.0 Å². The predicted molar refractivity (Wildman–Crippen MR) is 179 cm³/mol.